The second-order valence-corrected chi connectivity index (χ2v) is 3.07. The van der Waals surface area contributed by atoms with Gasteiger partial charge in [0.25, 0.3) is 0 Å². The number of azide groups is 1. The topological polar surface area (TPSA) is 74.5 Å². The summed E-state index contributed by atoms with van der Waals surface area (Å²) in [4.78, 5) is 11.0. The normalized spacial score (nSPS) is 9.85. The Labute approximate surface area is 76.5 Å². The minimum Gasteiger partial charge on any atom is -0.238 e. The molecule has 1 aromatic heterocycles. The molecule has 1 aromatic rings. The summed E-state index contributed by atoms with van der Waals surface area (Å²) < 4.78 is 0. The van der Waals surface area contributed by atoms with Gasteiger partial charge in [0.05, 0.1) is 0 Å². The number of hydrogen-bond donors (Lipinski definition) is 0. The van der Waals surface area contributed by atoms with Crippen molar-refractivity contribution in [3.05, 3.63) is 28.0 Å². The van der Waals surface area contributed by atoms with Gasteiger partial charge in [0, 0.05) is 16.5 Å². The molecule has 0 amide bonds. The Balaban J connectivity index is 3.18. The molecule has 0 radical (unpaired) electrons. The van der Waals surface area contributed by atoms with Crippen LogP contribution in [-0.2, 0) is 0 Å². The van der Waals surface area contributed by atoms with E-state index in [1.54, 1.807) is 6.07 Å². The average Bonchev–Trinajstić information content (AvgIpc) is 2.03. The minimum absolute atomic E-state index is 0.243. The lowest BCUT2D eigenvalue weighted by atomic mass is 10.2. The third-order valence-corrected chi connectivity index (χ3v) is 1.52. The van der Waals surface area contributed by atoms with Gasteiger partial charge < -0.3 is 0 Å². The predicted molar refractivity (Wildman–Crippen MR) is 49.7 cm³/mol. The molecule has 68 valence electrons. The molecular weight excluding hydrogens is 166 g/mol. The summed E-state index contributed by atoms with van der Waals surface area (Å²) >= 11 is 0. The van der Waals surface area contributed by atoms with Gasteiger partial charge >= 0.3 is 0 Å². The Bertz CT molecular complexity index is 352. The van der Waals surface area contributed by atoms with E-state index in [1.165, 1.54) is 0 Å². The molecule has 0 fully saturated rings. The van der Waals surface area contributed by atoms with Crippen molar-refractivity contribution in [3.63, 3.8) is 0 Å². The SMILES string of the molecule is Cc1cc(N=[N+]=[N-])nc(C(C)C)n1. The van der Waals surface area contributed by atoms with Crippen molar-refractivity contribution in [1.82, 2.24) is 9.97 Å². The fourth-order valence-electron chi connectivity index (χ4n) is 0.930. The fraction of sp³-hybridized carbons (Fsp3) is 0.500. The van der Waals surface area contributed by atoms with Crippen LogP contribution in [-0.4, -0.2) is 9.97 Å². The quantitative estimate of drug-likeness (QED) is 0.395. The van der Waals surface area contributed by atoms with Crippen LogP contribution in [0.4, 0.5) is 5.82 Å². The second kappa shape index (κ2) is 3.87. The highest BCUT2D eigenvalue weighted by atomic mass is 15.2. The molecule has 0 bridgehead atoms. The van der Waals surface area contributed by atoms with Crippen LogP contribution in [0.2, 0.25) is 0 Å². The number of rotatable bonds is 2. The Kier molecular flexibility index (Phi) is 2.82. The van der Waals surface area contributed by atoms with Crippen molar-refractivity contribution in [2.24, 2.45) is 5.11 Å². The molecule has 0 unspecified atom stereocenters. The highest BCUT2D eigenvalue weighted by Gasteiger charge is 2.04. The molecule has 1 rings (SSSR count). The van der Waals surface area contributed by atoms with Crippen LogP contribution >= 0.6 is 0 Å². The molecular formula is C8H11N5. The van der Waals surface area contributed by atoms with E-state index in [0.29, 0.717) is 11.6 Å². The van der Waals surface area contributed by atoms with Gasteiger partial charge in [0.1, 0.15) is 11.6 Å². The maximum absolute atomic E-state index is 8.24. The first-order chi connectivity index (χ1) is 6.13. The highest BCUT2D eigenvalue weighted by molar-refractivity contribution is 5.28. The van der Waals surface area contributed by atoms with Crippen LogP contribution in [0, 0.1) is 6.92 Å². The number of aryl methyl sites for hydroxylation is 1. The van der Waals surface area contributed by atoms with E-state index in [-0.39, 0.29) is 5.92 Å². The first-order valence-electron chi connectivity index (χ1n) is 4.04. The van der Waals surface area contributed by atoms with Crippen molar-refractivity contribution in [2.75, 3.05) is 0 Å². The summed E-state index contributed by atoms with van der Waals surface area (Å²) in [6.45, 7) is 5.84. The summed E-state index contributed by atoms with van der Waals surface area (Å²) in [5.41, 5.74) is 9.06. The molecule has 0 aliphatic rings. The lowest BCUT2D eigenvalue weighted by Crippen LogP contribution is -1.98. The molecule has 1 heterocycles. The summed E-state index contributed by atoms with van der Waals surface area (Å²) in [5.74, 6) is 1.34. The molecule has 0 N–H and O–H groups in total. The monoisotopic (exact) mass is 177 g/mol. The lowest BCUT2D eigenvalue weighted by molar-refractivity contribution is 0.767. The van der Waals surface area contributed by atoms with E-state index in [9.17, 15) is 0 Å². The second-order valence-electron chi connectivity index (χ2n) is 3.07. The number of nitrogens with zero attached hydrogens (tertiary/aromatic N) is 5. The van der Waals surface area contributed by atoms with E-state index in [1.807, 2.05) is 20.8 Å². The van der Waals surface area contributed by atoms with Gasteiger partial charge in [0.2, 0.25) is 0 Å². The number of hydrogen-bond acceptors (Lipinski definition) is 3. The zero-order valence-corrected chi connectivity index (χ0v) is 7.89. The van der Waals surface area contributed by atoms with Gasteiger partial charge in [-0.15, -0.1) is 0 Å². The highest BCUT2D eigenvalue weighted by Crippen LogP contribution is 2.15. The molecule has 0 aromatic carbocycles. The molecule has 0 saturated heterocycles. The first-order valence-corrected chi connectivity index (χ1v) is 4.04. The van der Waals surface area contributed by atoms with Crippen LogP contribution in [0.3, 0.4) is 0 Å². The van der Waals surface area contributed by atoms with Gasteiger partial charge in [-0.1, -0.05) is 13.8 Å². The molecule has 5 heteroatoms. The van der Waals surface area contributed by atoms with Crippen molar-refractivity contribution in [3.8, 4) is 0 Å². The van der Waals surface area contributed by atoms with Crippen LogP contribution in [0.25, 0.3) is 10.4 Å². The standard InChI is InChI=1S/C8H11N5/c1-5(2)8-10-6(3)4-7(11-8)12-13-9/h4-5H,1-3H3. The molecule has 0 aliphatic heterocycles. The molecule has 0 aliphatic carbocycles. The lowest BCUT2D eigenvalue weighted by Gasteiger charge is -2.04. The summed E-state index contributed by atoms with van der Waals surface area (Å²) in [6.07, 6.45) is 0. The average molecular weight is 177 g/mol. The van der Waals surface area contributed by atoms with Crippen molar-refractivity contribution >= 4 is 5.82 Å². The largest absolute Gasteiger partial charge is 0.238 e. The molecule has 13 heavy (non-hydrogen) atoms. The third-order valence-electron chi connectivity index (χ3n) is 1.52. The molecule has 0 spiro atoms. The summed E-state index contributed by atoms with van der Waals surface area (Å²) in [5, 5.41) is 3.44. The molecule has 5 nitrogen and oxygen atoms in total. The zero-order valence-electron chi connectivity index (χ0n) is 7.89. The van der Waals surface area contributed by atoms with Crippen molar-refractivity contribution < 1.29 is 0 Å². The van der Waals surface area contributed by atoms with E-state index in [4.69, 9.17) is 5.53 Å². The van der Waals surface area contributed by atoms with Crippen LogP contribution in [0.1, 0.15) is 31.3 Å². The summed E-state index contributed by atoms with van der Waals surface area (Å²) in [6, 6.07) is 1.66. The van der Waals surface area contributed by atoms with Crippen molar-refractivity contribution in [2.45, 2.75) is 26.7 Å². The van der Waals surface area contributed by atoms with E-state index in [2.05, 4.69) is 20.0 Å². The molecule has 0 atom stereocenters. The van der Waals surface area contributed by atoms with Gasteiger partial charge in [0.15, 0.2) is 0 Å². The summed E-state index contributed by atoms with van der Waals surface area (Å²) in [7, 11) is 0. The van der Waals surface area contributed by atoms with Crippen LogP contribution in [0.5, 0.6) is 0 Å². The van der Waals surface area contributed by atoms with E-state index in [0.717, 1.165) is 5.69 Å². The molecule has 0 saturated carbocycles. The van der Waals surface area contributed by atoms with Crippen LogP contribution in [0.15, 0.2) is 11.2 Å². The number of aromatic nitrogens is 2. The Morgan fingerprint density at radius 2 is 2.15 bits per heavy atom. The third kappa shape index (κ3) is 2.42. The Morgan fingerprint density at radius 3 is 2.69 bits per heavy atom. The van der Waals surface area contributed by atoms with Gasteiger partial charge in [-0.25, -0.2) is 9.97 Å². The van der Waals surface area contributed by atoms with Gasteiger partial charge in [-0.05, 0) is 23.6 Å². The smallest absolute Gasteiger partial charge is 0.131 e. The van der Waals surface area contributed by atoms with Gasteiger partial charge in [-0.2, -0.15) is 0 Å². The maximum atomic E-state index is 8.24. The zero-order chi connectivity index (χ0) is 9.84. The maximum Gasteiger partial charge on any atom is 0.131 e. The van der Waals surface area contributed by atoms with Crippen LogP contribution < -0.4 is 0 Å². The van der Waals surface area contributed by atoms with E-state index < -0.39 is 0 Å². The Morgan fingerprint density at radius 1 is 1.46 bits per heavy atom. The predicted octanol–water partition coefficient (Wildman–Crippen LogP) is 2.85. The Hall–Kier alpha value is -1.61. The minimum atomic E-state index is 0.243. The fourth-order valence-corrected chi connectivity index (χ4v) is 0.930. The first kappa shape index (κ1) is 9.48. The van der Waals surface area contributed by atoms with Crippen molar-refractivity contribution in [1.29, 1.82) is 0 Å². The van der Waals surface area contributed by atoms with E-state index >= 15 is 0 Å². The van der Waals surface area contributed by atoms with Gasteiger partial charge in [-0.3, -0.25) is 0 Å².